The van der Waals surface area contributed by atoms with E-state index >= 15 is 0 Å². The molecule has 40 heavy (non-hydrogen) atoms. The zero-order valence-corrected chi connectivity index (χ0v) is 23.9. The van der Waals surface area contributed by atoms with Crippen LogP contribution in [0.1, 0.15) is 73.3 Å². The Balaban J connectivity index is 1.48. The first-order chi connectivity index (χ1) is 19.4. The van der Waals surface area contributed by atoms with Crippen LogP contribution in [0.25, 0.3) is 10.9 Å². The lowest BCUT2D eigenvalue weighted by molar-refractivity contribution is -0.143. The van der Waals surface area contributed by atoms with Crippen LogP contribution in [0.2, 0.25) is 0 Å². The van der Waals surface area contributed by atoms with Gasteiger partial charge in [-0.25, -0.2) is 0 Å². The van der Waals surface area contributed by atoms with E-state index in [4.69, 9.17) is 14.2 Å². The molecule has 4 rings (SSSR count). The van der Waals surface area contributed by atoms with Crippen LogP contribution in [0.4, 0.5) is 0 Å². The van der Waals surface area contributed by atoms with Gasteiger partial charge in [-0.1, -0.05) is 44.2 Å². The van der Waals surface area contributed by atoms with Crippen LogP contribution in [0.5, 0.6) is 11.5 Å². The average molecular weight is 542 g/mol. The van der Waals surface area contributed by atoms with Gasteiger partial charge in [-0.2, -0.15) is 0 Å². The van der Waals surface area contributed by atoms with E-state index in [0.717, 1.165) is 34.3 Å². The minimum absolute atomic E-state index is 0.0606. The molecule has 0 atom stereocenters. The summed E-state index contributed by atoms with van der Waals surface area (Å²) >= 11 is 0. The molecule has 0 saturated carbocycles. The van der Waals surface area contributed by atoms with Crippen LogP contribution in [0.15, 0.2) is 66.7 Å². The summed E-state index contributed by atoms with van der Waals surface area (Å²) in [5.74, 6) is 1.82. The zero-order valence-electron chi connectivity index (χ0n) is 23.9. The molecule has 6 heteroatoms. The number of benzene rings is 3. The number of H-pyrrole nitrogens is 1. The van der Waals surface area contributed by atoms with Crippen LogP contribution >= 0.6 is 0 Å². The largest absolute Gasteiger partial charge is 0.493 e. The van der Waals surface area contributed by atoms with Gasteiger partial charge in [0.15, 0.2) is 5.78 Å². The first-order valence-electron chi connectivity index (χ1n) is 14.2. The van der Waals surface area contributed by atoms with Crippen molar-refractivity contribution in [2.75, 3.05) is 13.2 Å². The summed E-state index contributed by atoms with van der Waals surface area (Å²) in [5, 5.41) is 0.878. The van der Waals surface area contributed by atoms with Crippen molar-refractivity contribution in [3.63, 3.8) is 0 Å². The second kappa shape index (κ2) is 13.8. The number of esters is 1. The molecule has 210 valence electrons. The van der Waals surface area contributed by atoms with Crippen molar-refractivity contribution in [3.05, 3.63) is 94.7 Å². The molecule has 0 amide bonds. The number of carbonyl (C=O) groups is 2. The van der Waals surface area contributed by atoms with Gasteiger partial charge < -0.3 is 19.2 Å². The fourth-order valence-corrected chi connectivity index (χ4v) is 4.90. The molecule has 0 aliphatic rings. The van der Waals surface area contributed by atoms with Gasteiger partial charge in [-0.15, -0.1) is 0 Å². The van der Waals surface area contributed by atoms with E-state index in [1.54, 1.807) is 19.1 Å². The Morgan fingerprint density at radius 1 is 0.900 bits per heavy atom. The van der Waals surface area contributed by atoms with Crippen LogP contribution < -0.4 is 9.47 Å². The topological polar surface area (TPSA) is 77.6 Å². The van der Waals surface area contributed by atoms with E-state index in [-0.39, 0.29) is 11.8 Å². The van der Waals surface area contributed by atoms with E-state index in [1.807, 2.05) is 43.3 Å². The standard InChI is InChI=1S/C34H39NO5/c1-5-38-31-21-24(20-23(3)4)14-15-26(31)22-40-27-18-16-25(17-19-27)34(37)33-28-10-7-8-11-29(28)35-30(33)12-9-13-32(36)39-6-2/h7-8,10-11,14-19,21,23,35H,5-6,9,12-13,20,22H2,1-4H3. The third-order valence-corrected chi connectivity index (χ3v) is 6.71. The lowest BCUT2D eigenvalue weighted by Crippen LogP contribution is -2.07. The Bertz CT molecular complexity index is 1430. The number of aryl methyl sites for hydroxylation is 1. The molecular formula is C34H39NO5. The first-order valence-corrected chi connectivity index (χ1v) is 14.2. The number of para-hydroxylation sites is 1. The zero-order chi connectivity index (χ0) is 28.5. The summed E-state index contributed by atoms with van der Waals surface area (Å²) in [6.45, 7) is 9.52. The molecule has 3 aromatic carbocycles. The summed E-state index contributed by atoms with van der Waals surface area (Å²) in [6, 6.07) is 21.4. The van der Waals surface area contributed by atoms with E-state index in [2.05, 4.69) is 37.0 Å². The van der Waals surface area contributed by atoms with Crippen molar-refractivity contribution < 1.29 is 23.8 Å². The summed E-state index contributed by atoms with van der Waals surface area (Å²) in [6.07, 6.45) is 2.49. The molecule has 1 heterocycles. The molecule has 1 aromatic heterocycles. The molecule has 0 bridgehead atoms. The van der Waals surface area contributed by atoms with Gasteiger partial charge in [0.25, 0.3) is 0 Å². The molecule has 0 aliphatic carbocycles. The maximum absolute atomic E-state index is 13.7. The van der Waals surface area contributed by atoms with Gasteiger partial charge in [-0.3, -0.25) is 9.59 Å². The first kappa shape index (κ1) is 28.9. The number of ketones is 1. The number of nitrogens with one attached hydrogen (secondary N) is 1. The van der Waals surface area contributed by atoms with Crippen molar-refractivity contribution in [2.24, 2.45) is 5.92 Å². The predicted octanol–water partition coefficient (Wildman–Crippen LogP) is 7.46. The Labute approximate surface area is 236 Å². The Morgan fingerprint density at radius 3 is 2.40 bits per heavy atom. The molecule has 6 nitrogen and oxygen atoms in total. The number of rotatable bonds is 14. The number of hydrogen-bond donors (Lipinski definition) is 1. The van der Waals surface area contributed by atoms with Gasteiger partial charge in [-0.05, 0) is 81.0 Å². The maximum atomic E-state index is 13.7. The van der Waals surface area contributed by atoms with Crippen molar-refractivity contribution in [1.29, 1.82) is 0 Å². The molecule has 0 aliphatic heterocycles. The molecule has 0 radical (unpaired) electrons. The highest BCUT2D eigenvalue weighted by Crippen LogP contribution is 2.28. The van der Waals surface area contributed by atoms with Gasteiger partial charge in [0.05, 0.1) is 18.8 Å². The number of fused-ring (bicyclic) bond motifs is 1. The summed E-state index contributed by atoms with van der Waals surface area (Å²) in [4.78, 5) is 28.9. The fraction of sp³-hybridized carbons (Fsp3) is 0.353. The van der Waals surface area contributed by atoms with Gasteiger partial charge >= 0.3 is 5.97 Å². The Kier molecular flexibility index (Phi) is 10.0. The Morgan fingerprint density at radius 2 is 1.68 bits per heavy atom. The smallest absolute Gasteiger partial charge is 0.305 e. The molecule has 0 fully saturated rings. The summed E-state index contributed by atoms with van der Waals surface area (Å²) in [7, 11) is 0. The molecular weight excluding hydrogens is 502 g/mol. The summed E-state index contributed by atoms with van der Waals surface area (Å²) in [5.41, 5.74) is 5.21. The second-order valence-corrected chi connectivity index (χ2v) is 10.3. The lowest BCUT2D eigenvalue weighted by atomic mass is 9.98. The van der Waals surface area contributed by atoms with E-state index in [9.17, 15) is 9.59 Å². The predicted molar refractivity (Wildman–Crippen MR) is 158 cm³/mol. The molecule has 0 unspecified atom stereocenters. The van der Waals surface area contributed by atoms with Crippen LogP contribution in [0.3, 0.4) is 0 Å². The van der Waals surface area contributed by atoms with E-state index in [0.29, 0.717) is 61.9 Å². The molecule has 0 saturated heterocycles. The van der Waals surface area contributed by atoms with Crippen molar-refractivity contribution in [3.8, 4) is 11.5 Å². The van der Waals surface area contributed by atoms with Crippen molar-refractivity contribution >= 4 is 22.7 Å². The number of carbonyl (C=O) groups excluding carboxylic acids is 2. The Hall–Kier alpha value is -4.06. The third-order valence-electron chi connectivity index (χ3n) is 6.71. The monoisotopic (exact) mass is 541 g/mol. The summed E-state index contributed by atoms with van der Waals surface area (Å²) < 4.78 is 17.0. The highest BCUT2D eigenvalue weighted by molar-refractivity contribution is 6.17. The number of hydrogen-bond acceptors (Lipinski definition) is 5. The van der Waals surface area contributed by atoms with Gasteiger partial charge in [0.2, 0.25) is 0 Å². The average Bonchev–Trinajstić information content (AvgIpc) is 3.31. The number of aromatic nitrogens is 1. The minimum Gasteiger partial charge on any atom is -0.493 e. The van der Waals surface area contributed by atoms with Gasteiger partial charge in [0.1, 0.15) is 18.1 Å². The van der Waals surface area contributed by atoms with E-state index < -0.39 is 0 Å². The molecule has 1 N–H and O–H groups in total. The van der Waals surface area contributed by atoms with E-state index in [1.165, 1.54) is 5.56 Å². The van der Waals surface area contributed by atoms with Gasteiger partial charge in [0, 0.05) is 34.1 Å². The van der Waals surface area contributed by atoms with Crippen molar-refractivity contribution in [2.45, 2.75) is 60.0 Å². The normalized spacial score (nSPS) is 11.1. The second-order valence-electron chi connectivity index (χ2n) is 10.3. The van der Waals surface area contributed by atoms with Crippen LogP contribution in [-0.4, -0.2) is 30.0 Å². The van der Waals surface area contributed by atoms with Crippen LogP contribution in [0, 0.1) is 5.92 Å². The van der Waals surface area contributed by atoms with Crippen molar-refractivity contribution in [1.82, 2.24) is 4.98 Å². The maximum Gasteiger partial charge on any atom is 0.305 e. The highest BCUT2D eigenvalue weighted by atomic mass is 16.5. The minimum atomic E-state index is -0.220. The molecule has 4 aromatic rings. The lowest BCUT2D eigenvalue weighted by Gasteiger charge is -2.14. The third kappa shape index (κ3) is 7.32. The fourth-order valence-electron chi connectivity index (χ4n) is 4.90. The van der Waals surface area contributed by atoms with Crippen LogP contribution in [-0.2, 0) is 29.0 Å². The quantitative estimate of drug-likeness (QED) is 0.132. The number of aromatic amines is 1. The molecule has 0 spiro atoms. The number of ether oxygens (including phenoxy) is 3. The SMILES string of the molecule is CCOC(=O)CCCc1[nH]c2ccccc2c1C(=O)c1ccc(OCc2ccc(CC(C)C)cc2OCC)cc1. The highest BCUT2D eigenvalue weighted by Gasteiger charge is 2.20.